The van der Waals surface area contributed by atoms with E-state index in [0.29, 0.717) is 17.0 Å². The quantitative estimate of drug-likeness (QED) is 0.249. The molecule has 0 fully saturated rings. The van der Waals surface area contributed by atoms with Gasteiger partial charge in [-0.1, -0.05) is 71.9 Å². The lowest BCUT2D eigenvalue weighted by molar-refractivity contribution is 0.414. The summed E-state index contributed by atoms with van der Waals surface area (Å²) in [7, 11) is -2.50. The third-order valence-electron chi connectivity index (χ3n) is 5.60. The number of rotatable bonds is 5. The maximum absolute atomic E-state index is 13.2. The van der Waals surface area contributed by atoms with E-state index in [4.69, 9.17) is 4.74 Å². The van der Waals surface area contributed by atoms with E-state index in [-0.39, 0.29) is 27.3 Å². The highest BCUT2D eigenvalue weighted by atomic mass is 32.2. The summed E-state index contributed by atoms with van der Waals surface area (Å²) in [6.45, 7) is 12.2. The van der Waals surface area contributed by atoms with Crippen LogP contribution in [0.25, 0.3) is 0 Å². The molecule has 0 unspecified atom stereocenters. The average Bonchev–Trinajstić information content (AvgIpc) is 2.78. The molecule has 3 aromatic carbocycles. The highest BCUT2D eigenvalue weighted by Gasteiger charge is 2.27. The number of methoxy groups -OCH3 is 1. The van der Waals surface area contributed by atoms with Crippen molar-refractivity contribution in [3.8, 4) is 11.5 Å². The fraction of sp³-hybridized carbons (Fsp3) is 0.321. The Morgan fingerprint density at radius 3 is 1.83 bits per heavy atom. The van der Waals surface area contributed by atoms with Gasteiger partial charge in [-0.15, -0.1) is 4.40 Å². The van der Waals surface area contributed by atoms with Gasteiger partial charge >= 0.3 is 0 Å². The number of ether oxygens (including phenoxy) is 1. The van der Waals surface area contributed by atoms with Crippen molar-refractivity contribution in [3.63, 3.8) is 0 Å². The minimum atomic E-state index is -4.02. The van der Waals surface area contributed by atoms with Crippen LogP contribution in [0, 0.1) is 0 Å². The smallest absolute Gasteiger partial charge is 0.284 e. The lowest BCUT2D eigenvalue weighted by atomic mass is 9.79. The van der Waals surface area contributed by atoms with Crippen molar-refractivity contribution >= 4 is 21.5 Å². The zero-order valence-corrected chi connectivity index (χ0v) is 22.2. The molecule has 6 nitrogen and oxygen atoms in total. The van der Waals surface area contributed by atoms with Gasteiger partial charge in [0.15, 0.2) is 5.84 Å². The van der Waals surface area contributed by atoms with Crippen molar-refractivity contribution in [1.29, 1.82) is 0 Å². The Bertz CT molecular complexity index is 1280. The second kappa shape index (κ2) is 9.74. The normalized spacial score (nSPS) is 12.9. The molecule has 186 valence electrons. The van der Waals surface area contributed by atoms with E-state index in [1.165, 1.54) is 19.2 Å². The first kappa shape index (κ1) is 26.3. The van der Waals surface area contributed by atoms with E-state index in [9.17, 15) is 13.5 Å². The third kappa shape index (κ3) is 6.22. The van der Waals surface area contributed by atoms with Crippen molar-refractivity contribution in [2.75, 3.05) is 12.4 Å². The van der Waals surface area contributed by atoms with Crippen LogP contribution >= 0.6 is 0 Å². The Morgan fingerprint density at radius 2 is 1.37 bits per heavy atom. The molecule has 7 heteroatoms. The van der Waals surface area contributed by atoms with Gasteiger partial charge in [0, 0.05) is 22.4 Å². The van der Waals surface area contributed by atoms with Crippen LogP contribution in [0.5, 0.6) is 11.5 Å². The highest BCUT2D eigenvalue weighted by molar-refractivity contribution is 7.90. The maximum Gasteiger partial charge on any atom is 0.284 e. The number of nitrogens with one attached hydrogen (secondary N) is 1. The molecule has 0 amide bonds. The first-order chi connectivity index (χ1) is 16.2. The molecule has 0 aliphatic carbocycles. The summed E-state index contributed by atoms with van der Waals surface area (Å²) in [6.07, 6.45) is 0. The first-order valence-corrected chi connectivity index (χ1v) is 12.9. The predicted octanol–water partition coefficient (Wildman–Crippen LogP) is 6.24. The van der Waals surface area contributed by atoms with Crippen LogP contribution in [0.15, 0.2) is 76.0 Å². The van der Waals surface area contributed by atoms with Gasteiger partial charge in [0.2, 0.25) is 0 Å². The fourth-order valence-electron chi connectivity index (χ4n) is 3.65. The van der Waals surface area contributed by atoms with E-state index in [1.807, 2.05) is 71.9 Å². The molecule has 2 N–H and O–H groups in total. The van der Waals surface area contributed by atoms with Crippen LogP contribution in [-0.2, 0) is 20.9 Å². The molecular weight excluding hydrogens is 460 g/mol. The van der Waals surface area contributed by atoms with Crippen LogP contribution < -0.4 is 10.1 Å². The molecule has 3 rings (SSSR count). The molecule has 0 bridgehead atoms. The van der Waals surface area contributed by atoms with Gasteiger partial charge in [-0.25, -0.2) is 0 Å². The van der Waals surface area contributed by atoms with E-state index in [1.54, 1.807) is 24.3 Å². The summed E-state index contributed by atoms with van der Waals surface area (Å²) in [4.78, 5) is 0.0602. The third-order valence-corrected chi connectivity index (χ3v) is 6.90. The van der Waals surface area contributed by atoms with E-state index in [0.717, 1.165) is 11.1 Å². The number of nitrogens with zero attached hydrogens (tertiary/aromatic N) is 1. The highest BCUT2D eigenvalue weighted by Crippen LogP contribution is 2.41. The number of amidine groups is 1. The second-order valence-electron chi connectivity index (χ2n) is 10.5. The minimum Gasteiger partial charge on any atom is -0.507 e. The van der Waals surface area contributed by atoms with Gasteiger partial charge in [0.05, 0.1) is 12.0 Å². The summed E-state index contributed by atoms with van der Waals surface area (Å²) in [6, 6.07) is 18.9. The lowest BCUT2D eigenvalue weighted by Gasteiger charge is -2.28. The number of hydrogen-bond acceptors (Lipinski definition) is 4. The fourth-order valence-corrected chi connectivity index (χ4v) is 4.63. The van der Waals surface area contributed by atoms with Crippen molar-refractivity contribution < 1.29 is 18.3 Å². The van der Waals surface area contributed by atoms with E-state index in [2.05, 4.69) is 9.71 Å². The first-order valence-electron chi connectivity index (χ1n) is 11.4. The molecule has 0 saturated carbocycles. The molecule has 0 spiro atoms. The number of phenols is 1. The van der Waals surface area contributed by atoms with Crippen molar-refractivity contribution in [2.24, 2.45) is 4.40 Å². The van der Waals surface area contributed by atoms with Gasteiger partial charge < -0.3 is 15.2 Å². The maximum atomic E-state index is 13.2. The Morgan fingerprint density at radius 1 is 0.857 bits per heavy atom. The lowest BCUT2D eigenvalue weighted by Crippen LogP contribution is -2.20. The van der Waals surface area contributed by atoms with Crippen LogP contribution in [0.2, 0.25) is 0 Å². The molecule has 35 heavy (non-hydrogen) atoms. The zero-order valence-electron chi connectivity index (χ0n) is 21.4. The van der Waals surface area contributed by atoms with Crippen LogP contribution in [0.4, 0.5) is 5.69 Å². The van der Waals surface area contributed by atoms with Crippen LogP contribution in [-0.4, -0.2) is 26.5 Å². The summed E-state index contributed by atoms with van der Waals surface area (Å²) < 4.78 is 35.7. The second-order valence-corrected chi connectivity index (χ2v) is 12.1. The Kier molecular flexibility index (Phi) is 7.31. The zero-order chi connectivity index (χ0) is 26.0. The molecule has 0 radical (unpaired) electrons. The molecule has 0 atom stereocenters. The number of hydrogen-bond donors (Lipinski definition) is 2. The van der Waals surface area contributed by atoms with Crippen molar-refractivity contribution in [1.82, 2.24) is 0 Å². The van der Waals surface area contributed by atoms with Gasteiger partial charge in [0.1, 0.15) is 11.5 Å². The summed E-state index contributed by atoms with van der Waals surface area (Å²) >= 11 is 0. The Hall–Kier alpha value is -3.32. The number of benzene rings is 3. The standard InChI is InChI=1S/C28H34N2O4S/c1-27(2,3)23-17-20(18-24(25(23)31)28(4,5)6)29-26(19-11-9-8-10-12-19)30-35(32,33)22-15-13-21(34-7)14-16-22/h8-18,31H,1-7H3,(H,29,30). The molecular formula is C28H34N2O4S. The summed E-state index contributed by atoms with van der Waals surface area (Å²) in [5.41, 5.74) is 2.12. The Balaban J connectivity index is 2.17. The number of phenolic OH excluding ortho intramolecular Hbond substituents is 1. The molecule has 0 aromatic heterocycles. The molecule has 0 aliphatic rings. The van der Waals surface area contributed by atoms with Crippen LogP contribution in [0.3, 0.4) is 0 Å². The molecule has 0 heterocycles. The number of sulfonamides is 1. The predicted molar refractivity (Wildman–Crippen MR) is 142 cm³/mol. The molecule has 3 aromatic rings. The largest absolute Gasteiger partial charge is 0.507 e. The SMILES string of the molecule is COc1ccc(S(=O)(=O)N=C(Nc2cc(C(C)(C)C)c(O)c(C(C)(C)C)c2)c2ccccc2)cc1. The van der Waals surface area contributed by atoms with Crippen LogP contribution in [0.1, 0.15) is 58.2 Å². The Labute approximate surface area is 208 Å². The van der Waals surface area contributed by atoms with Gasteiger partial charge in [-0.2, -0.15) is 8.42 Å². The van der Waals surface area contributed by atoms with Gasteiger partial charge in [0.25, 0.3) is 10.0 Å². The van der Waals surface area contributed by atoms with E-state index < -0.39 is 10.0 Å². The summed E-state index contributed by atoms with van der Waals surface area (Å²) in [5, 5.41) is 14.3. The molecule has 0 aliphatic heterocycles. The van der Waals surface area contributed by atoms with Gasteiger partial charge in [-0.05, 0) is 47.2 Å². The van der Waals surface area contributed by atoms with Crippen molar-refractivity contribution in [3.05, 3.63) is 83.4 Å². The summed E-state index contributed by atoms with van der Waals surface area (Å²) in [5.74, 6) is 0.995. The van der Waals surface area contributed by atoms with Crippen molar-refractivity contribution in [2.45, 2.75) is 57.3 Å². The molecule has 0 saturated heterocycles. The topological polar surface area (TPSA) is 88.0 Å². The monoisotopic (exact) mass is 494 g/mol. The number of anilines is 1. The average molecular weight is 495 g/mol. The van der Waals surface area contributed by atoms with E-state index >= 15 is 0 Å². The van der Waals surface area contributed by atoms with Gasteiger partial charge in [-0.3, -0.25) is 0 Å². The minimum absolute atomic E-state index is 0.0602. The number of aromatic hydroxyl groups is 1.